The Hall–Kier alpha value is -4.42. The molecule has 1 amide bonds. The lowest BCUT2D eigenvalue weighted by atomic mass is 9.99. The minimum Gasteiger partial charge on any atom is -0.496 e. The number of nitrogens with zero attached hydrogens (tertiary/aromatic N) is 6. The molecule has 0 aliphatic carbocycles. The molecule has 5 rings (SSSR count). The van der Waals surface area contributed by atoms with Crippen LogP contribution in [0.5, 0.6) is 5.75 Å². The van der Waals surface area contributed by atoms with Crippen molar-refractivity contribution in [1.29, 1.82) is 5.41 Å². The Morgan fingerprint density at radius 1 is 1.30 bits per heavy atom. The van der Waals surface area contributed by atoms with Gasteiger partial charge in [-0.1, -0.05) is 11.6 Å². The van der Waals surface area contributed by atoms with Crippen LogP contribution in [0, 0.1) is 11.2 Å². The molecule has 4 heterocycles. The van der Waals surface area contributed by atoms with Gasteiger partial charge in [0, 0.05) is 30.4 Å². The van der Waals surface area contributed by atoms with E-state index in [-0.39, 0.29) is 29.5 Å². The minimum atomic E-state index is -0.515. The van der Waals surface area contributed by atoms with Gasteiger partial charge in [-0.2, -0.15) is 0 Å². The quantitative estimate of drug-likeness (QED) is 0.231. The molecular formula is C27H27ClFN9O2. The Bertz CT molecular complexity index is 1620. The van der Waals surface area contributed by atoms with Crippen molar-refractivity contribution in [1.82, 2.24) is 29.7 Å². The predicted molar refractivity (Wildman–Crippen MR) is 151 cm³/mol. The summed E-state index contributed by atoms with van der Waals surface area (Å²) in [5.74, 6) is -0.0142. The fourth-order valence-electron chi connectivity index (χ4n) is 5.06. The highest BCUT2D eigenvalue weighted by Gasteiger charge is 2.32. The second-order valence-electron chi connectivity index (χ2n) is 9.47. The monoisotopic (exact) mass is 563 g/mol. The Kier molecular flexibility index (Phi) is 7.71. The molecule has 0 unspecified atom stereocenters. The maximum Gasteiger partial charge on any atom is 0.255 e. The number of hydrogen-bond donors (Lipinski definition) is 3. The number of nitrogens with two attached hydrogens (primary N) is 1. The molecule has 4 aromatic rings. The number of aromatic nitrogens is 4. The number of likely N-dealkylation sites (N-methyl/N-ethyl adjacent to an activating group) is 1. The van der Waals surface area contributed by atoms with Crippen molar-refractivity contribution in [2.75, 3.05) is 27.2 Å². The van der Waals surface area contributed by atoms with E-state index >= 15 is 0 Å². The van der Waals surface area contributed by atoms with Crippen LogP contribution in [0.4, 0.5) is 4.39 Å². The number of imidazole rings is 1. The third kappa shape index (κ3) is 5.36. The number of carbonyl (C=O) groups excluding carboxylic acids is 1. The van der Waals surface area contributed by atoms with Gasteiger partial charge >= 0.3 is 0 Å². The number of fused-ring (bicyclic) bond motifs is 1. The summed E-state index contributed by atoms with van der Waals surface area (Å²) in [7, 11) is 3.45. The van der Waals surface area contributed by atoms with Crippen molar-refractivity contribution in [3.8, 4) is 17.3 Å². The molecular weight excluding hydrogens is 537 g/mol. The SMILES string of the molecule is COc1ccc(Cl)cc1C(=O)N[C@@H]1C[C@H](n2c(-c3ncccc3F)nc3cnc(C(N)=NC=N)cc32)CN(C)C1. The fourth-order valence-corrected chi connectivity index (χ4v) is 5.23. The number of halogens is 2. The first-order valence-corrected chi connectivity index (χ1v) is 12.8. The molecule has 206 valence electrons. The van der Waals surface area contributed by atoms with E-state index in [9.17, 15) is 9.18 Å². The Balaban J connectivity index is 1.56. The van der Waals surface area contributed by atoms with Gasteiger partial charge < -0.3 is 25.3 Å². The van der Waals surface area contributed by atoms with E-state index in [4.69, 9.17) is 32.5 Å². The maximum atomic E-state index is 15.0. The number of rotatable bonds is 7. The zero-order valence-electron chi connectivity index (χ0n) is 21.8. The summed E-state index contributed by atoms with van der Waals surface area (Å²) in [5.41, 5.74) is 7.96. The second kappa shape index (κ2) is 11.4. The van der Waals surface area contributed by atoms with Gasteiger partial charge in [0.1, 0.15) is 29.0 Å². The number of nitrogens with one attached hydrogen (secondary N) is 2. The van der Waals surface area contributed by atoms with Crippen LogP contribution in [0.3, 0.4) is 0 Å². The molecule has 3 aromatic heterocycles. The third-order valence-electron chi connectivity index (χ3n) is 6.73. The summed E-state index contributed by atoms with van der Waals surface area (Å²) in [6.07, 6.45) is 4.41. The van der Waals surface area contributed by atoms with Gasteiger partial charge in [0.2, 0.25) is 0 Å². The molecule has 4 N–H and O–H groups in total. The number of pyridine rings is 2. The number of hydrogen-bond acceptors (Lipinski definition) is 7. The molecule has 0 bridgehead atoms. The second-order valence-corrected chi connectivity index (χ2v) is 9.90. The number of ether oxygens (including phenoxy) is 1. The summed E-state index contributed by atoms with van der Waals surface area (Å²) in [5, 5.41) is 10.8. The van der Waals surface area contributed by atoms with Gasteiger partial charge in [-0.25, -0.2) is 19.4 Å². The smallest absolute Gasteiger partial charge is 0.255 e. The molecule has 1 saturated heterocycles. The largest absolute Gasteiger partial charge is 0.496 e. The third-order valence-corrected chi connectivity index (χ3v) is 6.96. The lowest BCUT2D eigenvalue weighted by Crippen LogP contribution is -2.50. The Labute approximate surface area is 234 Å². The molecule has 13 heteroatoms. The van der Waals surface area contributed by atoms with Crippen LogP contribution in [0.15, 0.2) is 53.8 Å². The van der Waals surface area contributed by atoms with Crippen LogP contribution >= 0.6 is 11.6 Å². The molecule has 40 heavy (non-hydrogen) atoms. The van der Waals surface area contributed by atoms with Crippen LogP contribution in [0.1, 0.15) is 28.5 Å². The van der Waals surface area contributed by atoms with Gasteiger partial charge in [-0.15, -0.1) is 0 Å². The highest BCUT2D eigenvalue weighted by Crippen LogP contribution is 2.33. The van der Waals surface area contributed by atoms with Gasteiger partial charge in [-0.05, 0) is 49.9 Å². The highest BCUT2D eigenvalue weighted by atomic mass is 35.5. The van der Waals surface area contributed by atoms with Crippen LogP contribution in [-0.2, 0) is 0 Å². The zero-order valence-corrected chi connectivity index (χ0v) is 22.6. The number of carbonyl (C=O) groups is 1. The van der Waals surface area contributed by atoms with Crippen molar-refractivity contribution in [2.45, 2.75) is 18.5 Å². The molecule has 1 aliphatic rings. The molecule has 1 aromatic carbocycles. The van der Waals surface area contributed by atoms with E-state index < -0.39 is 5.82 Å². The van der Waals surface area contributed by atoms with Crippen LogP contribution in [0.2, 0.25) is 5.02 Å². The summed E-state index contributed by atoms with van der Waals surface area (Å²) in [4.78, 5) is 32.5. The van der Waals surface area contributed by atoms with E-state index in [0.29, 0.717) is 58.4 Å². The number of aliphatic imine (C=N–C) groups is 1. The Morgan fingerprint density at radius 3 is 2.88 bits per heavy atom. The predicted octanol–water partition coefficient (Wildman–Crippen LogP) is 3.28. The first-order valence-electron chi connectivity index (χ1n) is 12.4. The number of piperidine rings is 1. The molecule has 0 saturated carbocycles. The summed E-state index contributed by atoms with van der Waals surface area (Å²) in [6, 6.07) is 8.95. The van der Waals surface area contributed by atoms with Gasteiger partial charge in [0.25, 0.3) is 5.91 Å². The molecule has 2 atom stereocenters. The van der Waals surface area contributed by atoms with Crippen LogP contribution in [0.25, 0.3) is 22.6 Å². The lowest BCUT2D eigenvalue weighted by Gasteiger charge is -2.37. The molecule has 0 radical (unpaired) electrons. The van der Waals surface area contributed by atoms with Crippen molar-refractivity contribution in [3.05, 3.63) is 70.9 Å². The van der Waals surface area contributed by atoms with Crippen molar-refractivity contribution < 1.29 is 13.9 Å². The van der Waals surface area contributed by atoms with Crippen molar-refractivity contribution in [2.24, 2.45) is 10.7 Å². The Morgan fingerprint density at radius 2 is 2.12 bits per heavy atom. The standard InChI is InChI=1S/C27H27ClFN9O2/c1-37-12-16(35-27(39)18-8-15(28)5-6-23(18)40-2)9-17(13-37)38-22-10-20(25(31)34-14-30)33-11-21(22)36-26(38)24-19(29)4-3-7-32-24/h3-8,10-11,14,16-17H,9,12-13H2,1-2H3,(H,35,39)(H3,30,31,34)/t16-,17+/m1/s1. The average molecular weight is 564 g/mol. The van der Waals surface area contributed by atoms with Gasteiger partial charge in [0.05, 0.1) is 30.4 Å². The molecule has 0 spiro atoms. The lowest BCUT2D eigenvalue weighted by molar-refractivity contribution is 0.0891. The number of likely N-dealkylation sites (tertiary alicyclic amines) is 1. The number of methoxy groups -OCH3 is 1. The molecule has 11 nitrogen and oxygen atoms in total. The zero-order chi connectivity index (χ0) is 28.4. The van der Waals surface area contributed by atoms with E-state index in [2.05, 4.69) is 25.2 Å². The van der Waals surface area contributed by atoms with E-state index in [1.54, 1.807) is 24.3 Å². The maximum absolute atomic E-state index is 15.0. The number of benzene rings is 1. The summed E-state index contributed by atoms with van der Waals surface area (Å²) >= 11 is 6.15. The highest BCUT2D eigenvalue weighted by molar-refractivity contribution is 6.31. The topological polar surface area (TPSA) is 147 Å². The van der Waals surface area contributed by atoms with E-state index in [1.807, 2.05) is 11.6 Å². The number of amidine groups is 1. The fraction of sp³-hybridized carbons (Fsp3) is 0.259. The first-order chi connectivity index (χ1) is 19.3. The van der Waals surface area contributed by atoms with E-state index in [1.165, 1.54) is 31.6 Å². The normalized spacial score (nSPS) is 18.1. The molecule has 1 fully saturated rings. The minimum absolute atomic E-state index is 0.0663. The van der Waals surface area contributed by atoms with Crippen LogP contribution in [-0.4, -0.2) is 75.8 Å². The summed E-state index contributed by atoms with van der Waals surface area (Å²) < 4.78 is 22.3. The van der Waals surface area contributed by atoms with Crippen molar-refractivity contribution >= 4 is 40.7 Å². The number of amides is 1. The van der Waals surface area contributed by atoms with Crippen molar-refractivity contribution in [3.63, 3.8) is 0 Å². The van der Waals surface area contributed by atoms with Crippen LogP contribution < -0.4 is 15.8 Å². The molecule has 1 aliphatic heterocycles. The van der Waals surface area contributed by atoms with Gasteiger partial charge in [-0.3, -0.25) is 15.2 Å². The summed E-state index contributed by atoms with van der Waals surface area (Å²) in [6.45, 7) is 1.19. The first kappa shape index (κ1) is 27.2. The van der Waals surface area contributed by atoms with Gasteiger partial charge in [0.15, 0.2) is 17.5 Å². The average Bonchev–Trinajstić information content (AvgIpc) is 3.31. The van der Waals surface area contributed by atoms with E-state index in [0.717, 1.165) is 6.34 Å².